The van der Waals surface area contributed by atoms with E-state index in [1.54, 1.807) is 62.1 Å². The van der Waals surface area contributed by atoms with Gasteiger partial charge in [0.2, 0.25) is 34.8 Å². The van der Waals surface area contributed by atoms with Gasteiger partial charge in [0.1, 0.15) is 42.3 Å². The van der Waals surface area contributed by atoms with Crippen LogP contribution in [0.2, 0.25) is 0 Å². The Balaban J connectivity index is 0.000000151. The van der Waals surface area contributed by atoms with Crippen LogP contribution in [0.4, 0.5) is 31.0 Å². The number of halogens is 3. The predicted octanol–water partition coefficient (Wildman–Crippen LogP) is 4.39. The van der Waals surface area contributed by atoms with Crippen molar-refractivity contribution in [2.24, 2.45) is 37.0 Å². The lowest BCUT2D eigenvalue weighted by atomic mass is 10.1. The van der Waals surface area contributed by atoms with Crippen LogP contribution in [0.3, 0.4) is 0 Å². The highest BCUT2D eigenvalue weighted by Gasteiger charge is 2.28. The highest BCUT2D eigenvalue weighted by atomic mass is 19.1. The van der Waals surface area contributed by atoms with Crippen molar-refractivity contribution in [1.82, 2.24) is 44.3 Å². The van der Waals surface area contributed by atoms with Crippen molar-refractivity contribution in [1.29, 1.82) is 0 Å². The number of benzene rings is 5. The zero-order valence-electron chi connectivity index (χ0n) is 54.8. The van der Waals surface area contributed by atoms with E-state index in [0.29, 0.717) is 133 Å². The molecular formula is C69H72F3N15O13. The molecule has 5 N–H and O–H groups in total. The minimum atomic E-state index is -1.30. The number of aromatic carboxylic acids is 1. The average molecular weight is 1380 g/mol. The second-order valence-corrected chi connectivity index (χ2v) is 22.7. The van der Waals surface area contributed by atoms with Gasteiger partial charge in [-0.15, -0.1) is 0 Å². The quantitative estimate of drug-likeness (QED) is 0.0425. The Kier molecular flexibility index (Phi) is 24.2. The van der Waals surface area contributed by atoms with Crippen molar-refractivity contribution in [3.05, 3.63) is 232 Å². The van der Waals surface area contributed by atoms with Crippen molar-refractivity contribution in [2.45, 2.75) is 32.5 Å². The van der Waals surface area contributed by atoms with Gasteiger partial charge in [0, 0.05) is 79.7 Å². The SMILES string of the molecule is C=c1c(=O)c(=C2N=C(Cc3ccc(F)cc3)NO2)nc(N2CCOCC2)n1C.Cn1c(N2CCOCC2)nc(-c2nc(Cc3ccc(F)cc3)no2)c(OCc2ccccc2)c1=O.Cn1c(N2CCOCC2)nc(C(=O)O)c(OCc2ccccc2)c1=O.NC(Cc1ccc(F)cc1)=NO. The predicted molar refractivity (Wildman–Crippen MR) is 362 cm³/mol. The smallest absolute Gasteiger partial charge is 0.358 e. The maximum atomic E-state index is 13.4. The summed E-state index contributed by atoms with van der Waals surface area (Å²) in [5.41, 5.74) is 10.8. The van der Waals surface area contributed by atoms with Crippen LogP contribution in [-0.4, -0.2) is 146 Å². The van der Waals surface area contributed by atoms with E-state index < -0.39 is 11.5 Å². The third kappa shape index (κ3) is 18.5. The Labute approximate surface area is 569 Å². The lowest BCUT2D eigenvalue weighted by Crippen LogP contribution is -2.50. The van der Waals surface area contributed by atoms with E-state index in [0.717, 1.165) is 27.8 Å². The number of carbonyl (C=O) groups is 1. The summed E-state index contributed by atoms with van der Waals surface area (Å²) in [6, 6.07) is 36.8. The number of carboxylic acids is 1. The summed E-state index contributed by atoms with van der Waals surface area (Å²) in [5.74, 6) is 0.145. The first-order valence-electron chi connectivity index (χ1n) is 31.5. The molecule has 3 saturated heterocycles. The maximum Gasteiger partial charge on any atom is 0.358 e. The number of aliphatic imine (C=N–C) groups is 1. The maximum absolute atomic E-state index is 13.4. The van der Waals surface area contributed by atoms with Gasteiger partial charge in [-0.25, -0.2) is 38.4 Å². The Morgan fingerprint density at radius 2 is 1.04 bits per heavy atom. The standard InChI is InChI=1S/C25H24FN5O4.C19H20FN5O3.C17H19N3O5.C8H9FN2O/c1-30-24(32)22(34-16-18-5-3-2-4-6-18)21(28-25(30)31-11-13-33-14-12-31)23-27-20(29-35-23)15-17-7-9-19(26)10-8-17;1-12-17(26)16(22-19(24(12)2)25-7-9-27-10-8-25)18-21-15(23-28-18)11-13-3-5-14(20)6-4-13;1-19-15(21)14(25-11-12-5-3-2-4-6-12)13(16(22)23)18-17(19)20-7-9-24-10-8-20;9-7-3-1-6(2-4-7)5-8(10)11-12/h2-10H,11-16H2,1H3;3-6H,1,7-11H2,2H3,(H,21,23);2-6H,7-11H2,1H3,(H,22,23);1-4,12H,5H2,(H2,10,11). The number of amidine groups is 2. The molecule has 8 heterocycles. The number of nitrogens with one attached hydrogen (secondary N) is 1. The van der Waals surface area contributed by atoms with Crippen LogP contribution >= 0.6 is 0 Å². The van der Waals surface area contributed by atoms with Crippen LogP contribution in [-0.2, 0) is 72.7 Å². The molecule has 0 unspecified atom stereocenters. The molecule has 0 saturated carbocycles. The van der Waals surface area contributed by atoms with Crippen LogP contribution in [0.25, 0.3) is 24.0 Å². The number of hydrogen-bond donors (Lipinski definition) is 4. The molecule has 5 aromatic carbocycles. The molecule has 4 aliphatic heterocycles. The molecule has 9 aromatic rings. The van der Waals surface area contributed by atoms with E-state index >= 15 is 0 Å². The molecule has 0 aliphatic carbocycles. The highest BCUT2D eigenvalue weighted by molar-refractivity contribution is 5.89. The molecule has 4 aliphatic rings. The molecule has 4 aromatic heterocycles. The van der Waals surface area contributed by atoms with E-state index in [-0.39, 0.29) is 87.5 Å². The Morgan fingerprint density at radius 3 is 1.53 bits per heavy atom. The number of anilines is 3. The first-order valence-corrected chi connectivity index (χ1v) is 31.5. The van der Waals surface area contributed by atoms with Gasteiger partial charge in [-0.05, 0) is 64.2 Å². The minimum Gasteiger partial charge on any atom is -0.481 e. The summed E-state index contributed by atoms with van der Waals surface area (Å²) < 4.78 is 76.2. The summed E-state index contributed by atoms with van der Waals surface area (Å²) in [4.78, 5) is 83.8. The van der Waals surface area contributed by atoms with Gasteiger partial charge in [0.25, 0.3) is 22.9 Å². The van der Waals surface area contributed by atoms with E-state index in [1.807, 2.05) is 75.4 Å². The molecule has 100 heavy (non-hydrogen) atoms. The van der Waals surface area contributed by atoms with Crippen molar-refractivity contribution in [3.63, 3.8) is 0 Å². The van der Waals surface area contributed by atoms with Crippen molar-refractivity contribution < 1.29 is 61.3 Å². The van der Waals surface area contributed by atoms with Crippen molar-refractivity contribution in [2.75, 3.05) is 93.6 Å². The number of rotatable bonds is 17. The van der Waals surface area contributed by atoms with E-state index in [9.17, 15) is 37.5 Å². The summed E-state index contributed by atoms with van der Waals surface area (Å²) >= 11 is 0. The number of nitrogens with two attached hydrogens (primary N) is 1. The first-order chi connectivity index (χ1) is 48.4. The minimum absolute atomic E-state index is 0.0327. The third-order valence-electron chi connectivity index (χ3n) is 15.7. The number of morpholine rings is 3. The van der Waals surface area contributed by atoms with Gasteiger partial charge in [0.05, 0.1) is 45.0 Å². The Hall–Kier alpha value is -11.7. The lowest BCUT2D eigenvalue weighted by Gasteiger charge is -2.29. The second kappa shape index (κ2) is 34.0. The monoisotopic (exact) mass is 1380 g/mol. The van der Waals surface area contributed by atoms with Crippen LogP contribution in [0.1, 0.15) is 44.1 Å². The van der Waals surface area contributed by atoms with Gasteiger partial charge in [0.15, 0.2) is 22.6 Å². The first kappa shape index (κ1) is 71.1. The molecule has 3 fully saturated rings. The van der Waals surface area contributed by atoms with Gasteiger partial charge in [-0.3, -0.25) is 23.5 Å². The van der Waals surface area contributed by atoms with E-state index in [1.165, 1.54) is 45.5 Å². The van der Waals surface area contributed by atoms with Crippen molar-refractivity contribution >= 4 is 47.9 Å². The summed E-state index contributed by atoms with van der Waals surface area (Å²) in [5, 5.41) is 25.0. The third-order valence-corrected chi connectivity index (χ3v) is 15.7. The summed E-state index contributed by atoms with van der Waals surface area (Å²) in [7, 11) is 4.97. The molecule has 28 nitrogen and oxygen atoms in total. The number of aromatic nitrogens is 8. The molecule has 31 heteroatoms. The van der Waals surface area contributed by atoms with Crippen LogP contribution in [0, 0.1) is 17.5 Å². The van der Waals surface area contributed by atoms with Gasteiger partial charge in [-0.1, -0.05) is 114 Å². The van der Waals surface area contributed by atoms with Crippen LogP contribution in [0.5, 0.6) is 11.5 Å². The number of nitrogens with zero attached hydrogens (tertiary/aromatic N) is 13. The second-order valence-electron chi connectivity index (χ2n) is 22.7. The fourth-order valence-electron chi connectivity index (χ4n) is 10.4. The van der Waals surface area contributed by atoms with Gasteiger partial charge in [-0.2, -0.15) is 9.98 Å². The zero-order valence-corrected chi connectivity index (χ0v) is 54.8. The number of hydroxylamine groups is 1. The largest absolute Gasteiger partial charge is 0.481 e. The Morgan fingerprint density at radius 1 is 0.590 bits per heavy atom. The zero-order chi connectivity index (χ0) is 70.7. The lowest BCUT2D eigenvalue weighted by molar-refractivity contribution is 0.0683. The molecular weight excluding hydrogens is 1300 g/mol. The van der Waals surface area contributed by atoms with Gasteiger partial charge >= 0.3 is 5.97 Å². The normalized spacial score (nSPS) is 15.0. The molecule has 0 amide bonds. The molecule has 0 atom stereocenters. The highest BCUT2D eigenvalue weighted by Crippen LogP contribution is 2.28. The summed E-state index contributed by atoms with van der Waals surface area (Å²) in [6.07, 6.45) is 1.08. The van der Waals surface area contributed by atoms with Crippen LogP contribution in [0.15, 0.2) is 163 Å². The topological polar surface area (TPSA) is 329 Å². The average Bonchev–Trinajstić information content (AvgIpc) is 1.25. The molecule has 13 rings (SSSR count). The van der Waals surface area contributed by atoms with Crippen LogP contribution < -0.4 is 62.6 Å². The van der Waals surface area contributed by atoms with Crippen molar-refractivity contribution in [3.8, 4) is 23.1 Å². The summed E-state index contributed by atoms with van der Waals surface area (Å²) in [6.45, 7) is 11.1. The molecule has 0 radical (unpaired) electrons. The fourth-order valence-corrected chi connectivity index (χ4v) is 10.4. The van der Waals surface area contributed by atoms with E-state index in [4.69, 9.17) is 49.0 Å². The molecule has 0 spiro atoms. The number of carboxylic acid groups (broad SMARTS) is 1. The molecule has 522 valence electrons. The van der Waals surface area contributed by atoms with E-state index in [2.05, 4.69) is 42.3 Å². The Bertz CT molecular complexity index is 4640. The number of hydrogen-bond acceptors (Lipinski definition) is 23. The number of ether oxygens (including phenoxy) is 5. The molecule has 0 bridgehead atoms. The number of oxime groups is 1. The fraction of sp³-hybridized carbons (Fsp3) is 0.290. The van der Waals surface area contributed by atoms with Gasteiger partial charge < -0.3 is 68.4 Å².